The smallest absolute Gasteiger partial charge is 0.130 e. The Morgan fingerprint density at radius 1 is 0.406 bits per heavy atom. The van der Waals surface area contributed by atoms with Crippen LogP contribution in [0.3, 0.4) is 0 Å². The van der Waals surface area contributed by atoms with Crippen LogP contribution in [-0.2, 0) is 0 Å². The number of halogens is 6. The summed E-state index contributed by atoms with van der Waals surface area (Å²) in [5, 5.41) is 19.3. The van der Waals surface area contributed by atoms with Gasteiger partial charge in [-0.2, -0.15) is 0 Å². The van der Waals surface area contributed by atoms with E-state index in [1.807, 2.05) is 60.7 Å². The Bertz CT molecular complexity index is 1170. The van der Waals surface area contributed by atoms with Gasteiger partial charge in [-0.3, -0.25) is 0 Å². The van der Waals surface area contributed by atoms with Crippen molar-refractivity contribution in [3.8, 4) is 33.8 Å². The molecule has 4 rings (SSSR count). The maximum Gasteiger partial charge on any atom is 0.130 e. The Balaban J connectivity index is 0.000000181. The third-order valence-electron chi connectivity index (χ3n) is 4.38. The van der Waals surface area contributed by atoms with Crippen LogP contribution in [0.5, 0.6) is 11.5 Å². The van der Waals surface area contributed by atoms with Gasteiger partial charge in [0.2, 0.25) is 0 Å². The summed E-state index contributed by atoms with van der Waals surface area (Å²) in [6.45, 7) is 0. The molecule has 0 fully saturated rings. The fourth-order valence-electron chi connectivity index (χ4n) is 2.81. The Kier molecular flexibility index (Phi) is 9.47. The minimum absolute atomic E-state index is 0.243. The number of hydrogen-bond donors (Lipinski definition) is 2. The molecule has 2 N–H and O–H groups in total. The standard InChI is InChI=1S/2C12H7Br3O/c2*13-8-2-3-9(11(15)6-8)7-1-4-10(14)12(16)5-7/h2*1-6,16H. The second kappa shape index (κ2) is 11.7. The van der Waals surface area contributed by atoms with E-state index in [-0.39, 0.29) is 11.5 Å². The molecule has 0 aliphatic heterocycles. The maximum atomic E-state index is 9.64. The van der Waals surface area contributed by atoms with Gasteiger partial charge in [-0.25, -0.2) is 0 Å². The minimum atomic E-state index is 0.243. The number of rotatable bonds is 2. The lowest BCUT2D eigenvalue weighted by Gasteiger charge is -2.06. The van der Waals surface area contributed by atoms with Gasteiger partial charge < -0.3 is 10.2 Å². The van der Waals surface area contributed by atoms with Crippen molar-refractivity contribution in [2.75, 3.05) is 0 Å². The second-order valence-corrected chi connectivity index (χ2v) is 11.8. The van der Waals surface area contributed by atoms with Crippen molar-refractivity contribution >= 4 is 95.6 Å². The van der Waals surface area contributed by atoms with E-state index in [9.17, 15) is 10.2 Å². The summed E-state index contributed by atoms with van der Waals surface area (Å²) in [5.74, 6) is 0.486. The molecule has 0 aromatic heterocycles. The molecule has 0 unspecified atom stereocenters. The topological polar surface area (TPSA) is 40.5 Å². The zero-order valence-corrected chi connectivity index (χ0v) is 25.6. The fraction of sp³-hybridized carbons (Fsp3) is 0. The zero-order valence-electron chi connectivity index (χ0n) is 16.1. The summed E-state index contributed by atoms with van der Waals surface area (Å²) in [6.07, 6.45) is 0. The number of hydrogen-bond acceptors (Lipinski definition) is 2. The van der Waals surface area contributed by atoms with Crippen LogP contribution >= 0.6 is 95.6 Å². The summed E-state index contributed by atoms with van der Waals surface area (Å²) < 4.78 is 5.41. The van der Waals surface area contributed by atoms with Gasteiger partial charge in [-0.05, 0) is 103 Å². The first kappa shape index (κ1) is 26.0. The first-order chi connectivity index (χ1) is 15.2. The van der Waals surface area contributed by atoms with E-state index >= 15 is 0 Å². The van der Waals surface area contributed by atoms with Crippen LogP contribution in [-0.4, -0.2) is 10.2 Å². The lowest BCUT2D eigenvalue weighted by molar-refractivity contribution is 0.471. The number of phenols is 2. The van der Waals surface area contributed by atoms with Gasteiger partial charge in [0.1, 0.15) is 11.5 Å². The monoisotopic (exact) mass is 808 g/mol. The molecule has 164 valence electrons. The van der Waals surface area contributed by atoms with Crippen LogP contribution in [0.15, 0.2) is 99.6 Å². The van der Waals surface area contributed by atoms with Gasteiger partial charge in [0.25, 0.3) is 0 Å². The normalized spacial score (nSPS) is 10.4. The Hall–Kier alpha value is -0.640. The van der Waals surface area contributed by atoms with Crippen molar-refractivity contribution in [3.05, 3.63) is 99.6 Å². The molecule has 8 heteroatoms. The average Bonchev–Trinajstić information content (AvgIpc) is 2.73. The van der Waals surface area contributed by atoms with Gasteiger partial charge in [0.05, 0.1) is 8.95 Å². The molecule has 0 atom stereocenters. The Morgan fingerprint density at radius 3 is 1.09 bits per heavy atom. The molecule has 4 aromatic rings. The molecule has 0 aliphatic carbocycles. The summed E-state index contributed by atoms with van der Waals surface area (Å²) in [5.41, 5.74) is 4.04. The molecule has 0 bridgehead atoms. The molecule has 0 heterocycles. The van der Waals surface area contributed by atoms with Crippen molar-refractivity contribution in [1.82, 2.24) is 0 Å². The predicted octanol–water partition coefficient (Wildman–Crippen LogP) is 10.7. The highest BCUT2D eigenvalue weighted by molar-refractivity contribution is 9.11. The molecule has 0 aliphatic rings. The zero-order chi connectivity index (χ0) is 23.4. The molecule has 2 nitrogen and oxygen atoms in total. The summed E-state index contributed by atoms with van der Waals surface area (Å²) in [4.78, 5) is 0. The first-order valence-electron chi connectivity index (χ1n) is 9.03. The quantitative estimate of drug-likeness (QED) is 0.212. The minimum Gasteiger partial charge on any atom is -0.507 e. The van der Waals surface area contributed by atoms with Crippen molar-refractivity contribution < 1.29 is 10.2 Å². The second-order valence-electron chi connectivity index (χ2n) is 6.58. The largest absolute Gasteiger partial charge is 0.507 e. The van der Waals surface area contributed by atoms with Gasteiger partial charge in [0, 0.05) is 17.9 Å². The van der Waals surface area contributed by atoms with E-state index in [1.54, 1.807) is 12.1 Å². The van der Waals surface area contributed by atoms with E-state index in [4.69, 9.17) is 0 Å². The van der Waals surface area contributed by atoms with Gasteiger partial charge in [-0.1, -0.05) is 88.0 Å². The van der Waals surface area contributed by atoms with E-state index < -0.39 is 0 Å². The van der Waals surface area contributed by atoms with E-state index in [0.29, 0.717) is 8.95 Å². The summed E-state index contributed by atoms with van der Waals surface area (Å²) in [7, 11) is 0. The highest BCUT2D eigenvalue weighted by atomic mass is 79.9. The van der Waals surface area contributed by atoms with Crippen molar-refractivity contribution in [2.45, 2.75) is 0 Å². The molecular weight excluding hydrogens is 800 g/mol. The molecule has 0 amide bonds. The highest BCUT2D eigenvalue weighted by Gasteiger charge is 2.07. The summed E-state index contributed by atoms with van der Waals surface area (Å²) >= 11 is 20.3. The van der Waals surface area contributed by atoms with Crippen molar-refractivity contribution in [1.29, 1.82) is 0 Å². The van der Waals surface area contributed by atoms with Gasteiger partial charge >= 0.3 is 0 Å². The Morgan fingerprint density at radius 2 is 0.781 bits per heavy atom. The third-order valence-corrected chi connectivity index (χ3v) is 8.02. The van der Waals surface area contributed by atoms with Gasteiger partial charge in [0.15, 0.2) is 0 Å². The molecular formula is C24H14Br6O2. The molecule has 0 radical (unpaired) electrons. The lowest BCUT2D eigenvalue weighted by atomic mass is 10.1. The lowest BCUT2D eigenvalue weighted by Crippen LogP contribution is -1.80. The van der Waals surface area contributed by atoms with Crippen LogP contribution in [0.4, 0.5) is 0 Å². The molecule has 0 saturated carbocycles. The number of aromatic hydroxyl groups is 2. The molecule has 32 heavy (non-hydrogen) atoms. The van der Waals surface area contributed by atoms with Gasteiger partial charge in [-0.15, -0.1) is 0 Å². The molecule has 0 spiro atoms. The third kappa shape index (κ3) is 6.70. The SMILES string of the molecule is Oc1cc(-c2ccc(Br)cc2Br)ccc1Br.Oc1cc(-c2ccc(Br)cc2Br)ccc1Br. The van der Waals surface area contributed by atoms with Crippen LogP contribution in [0.2, 0.25) is 0 Å². The Labute approximate surface area is 236 Å². The van der Waals surface area contributed by atoms with Crippen molar-refractivity contribution in [2.24, 2.45) is 0 Å². The van der Waals surface area contributed by atoms with Crippen molar-refractivity contribution in [3.63, 3.8) is 0 Å². The number of benzene rings is 4. The van der Waals surface area contributed by atoms with E-state index in [1.165, 1.54) is 0 Å². The van der Waals surface area contributed by atoms with E-state index in [0.717, 1.165) is 40.1 Å². The number of phenolic OH excluding ortho intramolecular Hbond substituents is 2. The molecule has 4 aromatic carbocycles. The maximum absolute atomic E-state index is 9.64. The van der Waals surface area contributed by atoms with Crippen LogP contribution < -0.4 is 0 Å². The van der Waals surface area contributed by atoms with Crippen LogP contribution in [0.1, 0.15) is 0 Å². The molecule has 0 saturated heterocycles. The van der Waals surface area contributed by atoms with Crippen LogP contribution in [0.25, 0.3) is 22.3 Å². The summed E-state index contributed by atoms with van der Waals surface area (Å²) in [6, 6.07) is 22.9. The first-order valence-corrected chi connectivity index (χ1v) is 13.8. The predicted molar refractivity (Wildman–Crippen MR) is 153 cm³/mol. The van der Waals surface area contributed by atoms with E-state index in [2.05, 4.69) is 95.6 Å². The van der Waals surface area contributed by atoms with Crippen LogP contribution in [0, 0.1) is 0 Å². The average molecular weight is 814 g/mol. The highest BCUT2D eigenvalue weighted by Crippen LogP contribution is 2.36. The fourth-order valence-corrected chi connectivity index (χ4v) is 5.85.